The maximum Gasteiger partial charge on any atom is 0.306 e. The highest BCUT2D eigenvalue weighted by atomic mass is 16.5. The van der Waals surface area contributed by atoms with Gasteiger partial charge >= 0.3 is 5.97 Å². The van der Waals surface area contributed by atoms with Crippen LogP contribution in [0.2, 0.25) is 0 Å². The fourth-order valence-corrected chi connectivity index (χ4v) is 3.50. The van der Waals surface area contributed by atoms with E-state index >= 15 is 0 Å². The van der Waals surface area contributed by atoms with E-state index in [1.165, 1.54) is 6.42 Å². The highest BCUT2D eigenvalue weighted by Crippen LogP contribution is 2.50. The summed E-state index contributed by atoms with van der Waals surface area (Å²) in [5.74, 6) is 0.726. The van der Waals surface area contributed by atoms with Gasteiger partial charge in [-0.1, -0.05) is 6.42 Å². The Bertz CT molecular complexity index is 311. The monoisotopic (exact) mass is 238 g/mol. The van der Waals surface area contributed by atoms with E-state index in [9.17, 15) is 9.59 Å². The van der Waals surface area contributed by atoms with E-state index in [2.05, 4.69) is 0 Å². The second-order valence-electron chi connectivity index (χ2n) is 5.53. The van der Waals surface area contributed by atoms with Gasteiger partial charge in [0, 0.05) is 18.3 Å². The Kier molecular flexibility index (Phi) is 3.85. The number of rotatable bonds is 3. The molecule has 0 heterocycles. The summed E-state index contributed by atoms with van der Waals surface area (Å²) in [6, 6.07) is 0. The summed E-state index contributed by atoms with van der Waals surface area (Å²) in [6.45, 7) is 2.29. The lowest BCUT2D eigenvalue weighted by molar-refractivity contribution is -0.144. The first-order valence-corrected chi connectivity index (χ1v) is 6.85. The minimum atomic E-state index is -0.0993. The normalized spacial score (nSPS) is 33.0. The molecule has 2 rings (SSSR count). The zero-order chi connectivity index (χ0) is 12.3. The van der Waals surface area contributed by atoms with Crippen molar-refractivity contribution in [3.8, 4) is 0 Å². The lowest BCUT2D eigenvalue weighted by Gasteiger charge is -2.31. The Balaban J connectivity index is 1.90. The Hall–Kier alpha value is -0.860. The average Bonchev–Trinajstić information content (AvgIpc) is 2.68. The average molecular weight is 238 g/mol. The first kappa shape index (κ1) is 12.6. The number of hydrogen-bond acceptors (Lipinski definition) is 3. The van der Waals surface area contributed by atoms with Gasteiger partial charge in [-0.2, -0.15) is 0 Å². The Morgan fingerprint density at radius 3 is 2.94 bits per heavy atom. The number of ketones is 1. The number of carbonyl (C=O) groups excluding carboxylic acids is 2. The number of Topliss-reactive ketones (excluding diaryl/α,β-unsaturated/α-hetero) is 1. The van der Waals surface area contributed by atoms with Gasteiger partial charge in [0.05, 0.1) is 6.61 Å². The number of carbonyl (C=O) groups is 2. The predicted octanol–water partition coefficient (Wildman–Crippen LogP) is 2.87. The summed E-state index contributed by atoms with van der Waals surface area (Å²) in [5.41, 5.74) is -0.0601. The second-order valence-corrected chi connectivity index (χ2v) is 5.53. The molecule has 1 spiro atoms. The van der Waals surface area contributed by atoms with Crippen LogP contribution in [0, 0.1) is 11.3 Å². The molecule has 0 saturated heterocycles. The molecular weight excluding hydrogens is 216 g/mol. The summed E-state index contributed by atoms with van der Waals surface area (Å²) in [5, 5.41) is 0. The van der Waals surface area contributed by atoms with E-state index in [-0.39, 0.29) is 11.4 Å². The van der Waals surface area contributed by atoms with Gasteiger partial charge in [-0.25, -0.2) is 0 Å². The molecule has 2 aliphatic rings. The summed E-state index contributed by atoms with van der Waals surface area (Å²) in [7, 11) is 0. The van der Waals surface area contributed by atoms with E-state index in [1.807, 2.05) is 6.92 Å². The molecule has 0 amide bonds. The molecule has 0 aromatic rings. The molecule has 2 atom stereocenters. The van der Waals surface area contributed by atoms with Gasteiger partial charge in [-0.15, -0.1) is 0 Å². The van der Waals surface area contributed by atoms with Gasteiger partial charge in [0.25, 0.3) is 0 Å². The molecule has 2 aliphatic carbocycles. The van der Waals surface area contributed by atoms with Crippen molar-refractivity contribution >= 4 is 11.8 Å². The number of esters is 1. The minimum absolute atomic E-state index is 0.0601. The van der Waals surface area contributed by atoms with Crippen LogP contribution in [-0.2, 0) is 14.3 Å². The maximum absolute atomic E-state index is 12.1. The van der Waals surface area contributed by atoms with E-state index in [0.717, 1.165) is 38.5 Å². The molecule has 96 valence electrons. The highest BCUT2D eigenvalue weighted by Gasteiger charge is 2.45. The van der Waals surface area contributed by atoms with Crippen molar-refractivity contribution < 1.29 is 14.3 Å². The molecule has 0 N–H and O–H groups in total. The van der Waals surface area contributed by atoms with Crippen LogP contribution in [0.5, 0.6) is 0 Å². The Morgan fingerprint density at radius 1 is 1.41 bits per heavy atom. The number of ether oxygens (including phenoxy) is 1. The van der Waals surface area contributed by atoms with Crippen LogP contribution in [0.25, 0.3) is 0 Å². The Morgan fingerprint density at radius 2 is 2.24 bits per heavy atom. The highest BCUT2D eigenvalue weighted by molar-refractivity contribution is 5.86. The summed E-state index contributed by atoms with van der Waals surface area (Å²) in [4.78, 5) is 23.5. The van der Waals surface area contributed by atoms with Crippen molar-refractivity contribution in [3.63, 3.8) is 0 Å². The third-order valence-corrected chi connectivity index (χ3v) is 4.37. The Labute approximate surface area is 103 Å². The quantitative estimate of drug-likeness (QED) is 0.710. The fourth-order valence-electron chi connectivity index (χ4n) is 3.50. The molecule has 3 heteroatoms. The third-order valence-electron chi connectivity index (χ3n) is 4.37. The molecule has 0 aliphatic heterocycles. The van der Waals surface area contributed by atoms with E-state index in [0.29, 0.717) is 24.7 Å². The molecule has 0 unspecified atom stereocenters. The smallest absolute Gasteiger partial charge is 0.306 e. The molecule has 0 bridgehead atoms. The zero-order valence-electron chi connectivity index (χ0n) is 10.7. The largest absolute Gasteiger partial charge is 0.466 e. The molecule has 0 aromatic carbocycles. The molecular formula is C14H22O3. The molecule has 3 nitrogen and oxygen atoms in total. The van der Waals surface area contributed by atoms with Crippen molar-refractivity contribution in [2.45, 2.75) is 58.3 Å². The third kappa shape index (κ3) is 2.70. The SMILES string of the molecule is CCOC(=O)C[C@H]1CC[C@@]2(CCCCC2=O)C1. The van der Waals surface area contributed by atoms with Crippen LogP contribution >= 0.6 is 0 Å². The van der Waals surface area contributed by atoms with Gasteiger partial charge in [-0.05, 0) is 44.9 Å². The second kappa shape index (κ2) is 5.19. The summed E-state index contributed by atoms with van der Waals surface area (Å²) < 4.78 is 4.98. The summed E-state index contributed by atoms with van der Waals surface area (Å²) >= 11 is 0. The molecule has 0 aromatic heterocycles. The predicted molar refractivity (Wildman–Crippen MR) is 64.5 cm³/mol. The lowest BCUT2D eigenvalue weighted by Crippen LogP contribution is -2.31. The van der Waals surface area contributed by atoms with Crippen LogP contribution in [0.3, 0.4) is 0 Å². The molecule has 2 saturated carbocycles. The van der Waals surface area contributed by atoms with Crippen LogP contribution in [0.15, 0.2) is 0 Å². The van der Waals surface area contributed by atoms with Gasteiger partial charge in [0.1, 0.15) is 5.78 Å². The van der Waals surface area contributed by atoms with Crippen molar-refractivity contribution in [1.29, 1.82) is 0 Å². The molecule has 0 radical (unpaired) electrons. The van der Waals surface area contributed by atoms with Crippen molar-refractivity contribution in [1.82, 2.24) is 0 Å². The first-order chi connectivity index (χ1) is 8.16. The van der Waals surface area contributed by atoms with E-state index in [1.54, 1.807) is 0 Å². The van der Waals surface area contributed by atoms with Crippen LogP contribution in [0.4, 0.5) is 0 Å². The topological polar surface area (TPSA) is 43.4 Å². The van der Waals surface area contributed by atoms with Crippen LogP contribution in [-0.4, -0.2) is 18.4 Å². The van der Waals surface area contributed by atoms with E-state index < -0.39 is 0 Å². The fraction of sp³-hybridized carbons (Fsp3) is 0.857. The first-order valence-electron chi connectivity index (χ1n) is 6.85. The zero-order valence-corrected chi connectivity index (χ0v) is 10.7. The molecule has 2 fully saturated rings. The van der Waals surface area contributed by atoms with E-state index in [4.69, 9.17) is 4.74 Å². The van der Waals surface area contributed by atoms with Gasteiger partial charge < -0.3 is 4.74 Å². The van der Waals surface area contributed by atoms with Crippen molar-refractivity contribution in [2.24, 2.45) is 11.3 Å². The van der Waals surface area contributed by atoms with Crippen LogP contribution in [0.1, 0.15) is 58.3 Å². The summed E-state index contributed by atoms with van der Waals surface area (Å²) in [6.07, 6.45) is 7.48. The van der Waals surface area contributed by atoms with Gasteiger partial charge in [0.15, 0.2) is 0 Å². The molecule has 17 heavy (non-hydrogen) atoms. The van der Waals surface area contributed by atoms with Crippen LogP contribution < -0.4 is 0 Å². The maximum atomic E-state index is 12.1. The van der Waals surface area contributed by atoms with Crippen molar-refractivity contribution in [3.05, 3.63) is 0 Å². The van der Waals surface area contributed by atoms with Crippen molar-refractivity contribution in [2.75, 3.05) is 6.61 Å². The lowest BCUT2D eigenvalue weighted by atomic mass is 9.71. The van der Waals surface area contributed by atoms with Gasteiger partial charge in [-0.3, -0.25) is 9.59 Å². The van der Waals surface area contributed by atoms with Gasteiger partial charge in [0.2, 0.25) is 0 Å². The standard InChI is InChI=1S/C14H22O3/c1-2-17-13(16)9-11-6-8-14(10-11)7-4-3-5-12(14)15/h11H,2-10H2,1H3/t11-,14+/m1/s1. The minimum Gasteiger partial charge on any atom is -0.466 e. The number of hydrogen-bond donors (Lipinski definition) is 0.